The van der Waals surface area contributed by atoms with Crippen molar-refractivity contribution >= 4 is 33.6 Å². The molecule has 132 valence electrons. The molecule has 2 rings (SSSR count). The minimum absolute atomic E-state index is 0.203. The highest BCUT2D eigenvalue weighted by Gasteiger charge is 2.16. The van der Waals surface area contributed by atoms with Crippen LogP contribution in [-0.2, 0) is 0 Å². The molecule has 0 aliphatic rings. The van der Waals surface area contributed by atoms with Crippen molar-refractivity contribution in [1.82, 2.24) is 0 Å². The van der Waals surface area contributed by atoms with Crippen LogP contribution < -0.4 is 4.74 Å². The Balaban J connectivity index is 0.000000251. The average molecular weight is 416 g/mol. The smallest absolute Gasteiger partial charge is 0.336 e. The summed E-state index contributed by atoms with van der Waals surface area (Å²) in [6, 6.07) is 7.19. The zero-order chi connectivity index (χ0) is 19.1. The molecule has 0 saturated heterocycles. The number of methoxy groups -OCH3 is 1. The van der Waals surface area contributed by atoms with Crippen LogP contribution in [0, 0.1) is 15.9 Å². The van der Waals surface area contributed by atoms with Gasteiger partial charge >= 0.3 is 17.6 Å². The second kappa shape index (κ2) is 8.73. The fourth-order valence-corrected chi connectivity index (χ4v) is 2.00. The third kappa shape index (κ3) is 5.53. The quantitative estimate of drug-likeness (QED) is 0.576. The van der Waals surface area contributed by atoms with Gasteiger partial charge in [0.05, 0.1) is 23.2 Å². The van der Waals surface area contributed by atoms with Gasteiger partial charge in [0.25, 0.3) is 0 Å². The summed E-state index contributed by atoms with van der Waals surface area (Å²) in [6.45, 7) is 0. The molecule has 0 aromatic heterocycles. The Hall–Kier alpha value is -3.01. The van der Waals surface area contributed by atoms with E-state index in [1.54, 1.807) is 12.1 Å². The molecule has 0 aliphatic carbocycles. The first-order valence-corrected chi connectivity index (χ1v) is 7.20. The van der Waals surface area contributed by atoms with E-state index in [-0.39, 0.29) is 11.1 Å². The molecule has 0 radical (unpaired) electrons. The zero-order valence-corrected chi connectivity index (χ0v) is 14.2. The van der Waals surface area contributed by atoms with Crippen molar-refractivity contribution in [2.75, 3.05) is 7.11 Å². The molecule has 2 aromatic rings. The summed E-state index contributed by atoms with van der Waals surface area (Å²) in [5.74, 6) is -2.81. The summed E-state index contributed by atoms with van der Waals surface area (Å²) in [5.41, 5.74) is -0.942. The summed E-state index contributed by atoms with van der Waals surface area (Å²) in [6.07, 6.45) is 0. The highest BCUT2D eigenvalue weighted by atomic mass is 79.9. The Morgan fingerprint density at radius 3 is 2.28 bits per heavy atom. The van der Waals surface area contributed by atoms with Gasteiger partial charge in [-0.2, -0.15) is 4.39 Å². The number of ether oxygens (including phenoxy) is 1. The number of benzene rings is 2. The van der Waals surface area contributed by atoms with Crippen LogP contribution in [0.25, 0.3) is 0 Å². The lowest BCUT2D eigenvalue weighted by atomic mass is 10.2. The van der Waals surface area contributed by atoms with Crippen LogP contribution in [0.2, 0.25) is 0 Å². The van der Waals surface area contributed by atoms with Gasteiger partial charge in [-0.1, -0.05) is 0 Å². The first kappa shape index (κ1) is 20.0. The minimum Gasteiger partial charge on any atom is -0.497 e. The van der Waals surface area contributed by atoms with Crippen LogP contribution >= 0.6 is 15.9 Å². The fraction of sp³-hybridized carbons (Fsp3) is 0.0667. The Morgan fingerprint density at radius 1 is 1.16 bits per heavy atom. The molecule has 0 atom stereocenters. The van der Waals surface area contributed by atoms with E-state index in [9.17, 15) is 24.1 Å². The Kier molecular flexibility index (Phi) is 7.00. The molecular weight excluding hydrogens is 405 g/mol. The fourth-order valence-electron chi connectivity index (χ4n) is 1.58. The molecule has 2 N–H and O–H groups in total. The molecule has 0 heterocycles. The van der Waals surface area contributed by atoms with E-state index in [2.05, 4.69) is 15.9 Å². The number of hydrogen-bond donors (Lipinski definition) is 2. The van der Waals surface area contributed by atoms with Crippen LogP contribution in [0.4, 0.5) is 10.1 Å². The Labute approximate surface area is 148 Å². The lowest BCUT2D eigenvalue weighted by molar-refractivity contribution is -0.387. The average Bonchev–Trinajstić information content (AvgIpc) is 2.55. The number of carboxylic acid groups (broad SMARTS) is 2. The lowest BCUT2D eigenvalue weighted by Crippen LogP contribution is -1.99. The zero-order valence-electron chi connectivity index (χ0n) is 12.6. The van der Waals surface area contributed by atoms with Gasteiger partial charge in [0.15, 0.2) is 0 Å². The predicted octanol–water partition coefficient (Wildman–Crippen LogP) is 3.59. The molecule has 25 heavy (non-hydrogen) atoms. The molecule has 0 unspecified atom stereocenters. The maximum atomic E-state index is 12.6. The molecule has 0 amide bonds. The van der Waals surface area contributed by atoms with E-state index >= 15 is 0 Å². The van der Waals surface area contributed by atoms with Gasteiger partial charge < -0.3 is 14.9 Å². The summed E-state index contributed by atoms with van der Waals surface area (Å²) >= 11 is 3.12. The van der Waals surface area contributed by atoms with E-state index in [1.807, 2.05) is 0 Å². The van der Waals surface area contributed by atoms with Crippen LogP contribution in [0.1, 0.15) is 20.7 Å². The van der Waals surface area contributed by atoms with Crippen molar-refractivity contribution in [2.24, 2.45) is 0 Å². The van der Waals surface area contributed by atoms with Crippen molar-refractivity contribution in [2.45, 2.75) is 0 Å². The molecule has 0 fully saturated rings. The number of halogens is 2. The van der Waals surface area contributed by atoms with E-state index in [0.29, 0.717) is 16.3 Å². The molecule has 0 spiro atoms. The topological polar surface area (TPSA) is 127 Å². The Bertz CT molecular complexity index is 826. The molecule has 8 nitrogen and oxygen atoms in total. The molecule has 2 aromatic carbocycles. The monoisotopic (exact) mass is 415 g/mol. The lowest BCUT2D eigenvalue weighted by Gasteiger charge is -2.02. The summed E-state index contributed by atoms with van der Waals surface area (Å²) in [7, 11) is 1.49. The first-order valence-electron chi connectivity index (χ1n) is 6.41. The number of carboxylic acids is 2. The van der Waals surface area contributed by atoms with Gasteiger partial charge in [0, 0.05) is 10.5 Å². The van der Waals surface area contributed by atoms with Crippen LogP contribution in [0.15, 0.2) is 40.9 Å². The van der Waals surface area contributed by atoms with Crippen molar-refractivity contribution < 1.29 is 33.9 Å². The highest BCUT2D eigenvalue weighted by molar-refractivity contribution is 9.10. The number of nitro benzene ring substituents is 1. The molecule has 10 heteroatoms. The van der Waals surface area contributed by atoms with Crippen molar-refractivity contribution in [3.05, 3.63) is 67.9 Å². The predicted molar refractivity (Wildman–Crippen MR) is 87.7 cm³/mol. The number of hydrogen-bond acceptors (Lipinski definition) is 5. The number of nitrogens with zero attached hydrogens (tertiary/aromatic N) is 1. The summed E-state index contributed by atoms with van der Waals surface area (Å²) < 4.78 is 18.1. The Morgan fingerprint density at radius 2 is 1.80 bits per heavy atom. The second-order valence-corrected chi connectivity index (χ2v) is 5.23. The molecular formula is C15H11BrFNO7. The summed E-state index contributed by atoms with van der Waals surface area (Å²) in [5, 5.41) is 27.3. The third-order valence-electron chi connectivity index (χ3n) is 2.79. The summed E-state index contributed by atoms with van der Waals surface area (Å²) in [4.78, 5) is 30.1. The van der Waals surface area contributed by atoms with Gasteiger partial charge in [-0.15, -0.1) is 0 Å². The van der Waals surface area contributed by atoms with Gasteiger partial charge in [-0.05, 0) is 46.3 Å². The van der Waals surface area contributed by atoms with Crippen molar-refractivity contribution in [3.8, 4) is 5.75 Å². The second-order valence-electron chi connectivity index (χ2n) is 4.38. The molecule has 0 saturated carbocycles. The number of rotatable bonds is 4. The van der Waals surface area contributed by atoms with E-state index in [1.165, 1.54) is 13.2 Å². The maximum Gasteiger partial charge on any atom is 0.336 e. The van der Waals surface area contributed by atoms with Crippen LogP contribution in [0.5, 0.6) is 5.75 Å². The SMILES string of the molecule is COc1ccc(Br)c(C(=O)O)c1.O=C(O)c1ccc(F)c([N+](=O)[O-])c1. The van der Waals surface area contributed by atoms with Crippen LogP contribution in [0.3, 0.4) is 0 Å². The van der Waals surface area contributed by atoms with Gasteiger partial charge in [-0.25, -0.2) is 9.59 Å². The van der Waals surface area contributed by atoms with E-state index in [4.69, 9.17) is 14.9 Å². The van der Waals surface area contributed by atoms with Gasteiger partial charge in [0.1, 0.15) is 5.75 Å². The standard InChI is InChI=1S/C8H7BrO3.C7H4FNO4/c1-12-5-2-3-7(9)6(4-5)8(10)11;8-5-2-1-4(7(10)11)3-6(5)9(12)13/h2-4H,1H3,(H,10,11);1-3H,(H,10,11). The van der Waals surface area contributed by atoms with E-state index < -0.39 is 28.4 Å². The highest BCUT2D eigenvalue weighted by Crippen LogP contribution is 2.22. The van der Waals surface area contributed by atoms with E-state index in [0.717, 1.165) is 12.1 Å². The minimum atomic E-state index is -1.33. The van der Waals surface area contributed by atoms with Crippen molar-refractivity contribution in [1.29, 1.82) is 0 Å². The number of aromatic carboxylic acids is 2. The van der Waals surface area contributed by atoms with Crippen LogP contribution in [-0.4, -0.2) is 34.2 Å². The van der Waals surface area contributed by atoms with Gasteiger partial charge in [0.2, 0.25) is 5.82 Å². The number of nitro groups is 1. The molecule has 0 bridgehead atoms. The normalized spacial score (nSPS) is 9.56. The molecule has 0 aliphatic heterocycles. The van der Waals surface area contributed by atoms with Gasteiger partial charge in [-0.3, -0.25) is 10.1 Å². The third-order valence-corrected chi connectivity index (χ3v) is 3.49. The largest absolute Gasteiger partial charge is 0.497 e. The number of carbonyl (C=O) groups is 2. The van der Waals surface area contributed by atoms with Crippen molar-refractivity contribution in [3.63, 3.8) is 0 Å². The first-order chi connectivity index (χ1) is 11.7. The maximum absolute atomic E-state index is 12.6.